The van der Waals surface area contributed by atoms with Crippen molar-refractivity contribution in [1.29, 1.82) is 0 Å². The van der Waals surface area contributed by atoms with Crippen LogP contribution in [0, 0.1) is 0 Å². The zero-order chi connectivity index (χ0) is 26.9. The Morgan fingerprint density at radius 1 is 1.26 bits per heavy atom. The molecule has 0 spiro atoms. The summed E-state index contributed by atoms with van der Waals surface area (Å²) < 4.78 is 41.6. The molecule has 1 amide bonds. The Kier molecular flexibility index (Phi) is 7.28. The van der Waals surface area contributed by atoms with Crippen LogP contribution in [0.1, 0.15) is 21.6 Å². The van der Waals surface area contributed by atoms with E-state index in [-0.39, 0.29) is 27.3 Å². The van der Waals surface area contributed by atoms with E-state index in [2.05, 4.69) is 25.8 Å². The first-order chi connectivity index (χ1) is 18.2. The van der Waals surface area contributed by atoms with Crippen LogP contribution in [-0.4, -0.2) is 63.8 Å². The number of carbonyl (C=O) groups is 1. The molecule has 0 aliphatic carbocycles. The van der Waals surface area contributed by atoms with E-state index < -0.39 is 11.7 Å². The molecule has 2 aromatic heterocycles. The van der Waals surface area contributed by atoms with Crippen LogP contribution < -0.4 is 10.6 Å². The number of aromatic amines is 1. The Hall–Kier alpha value is -3.61. The monoisotopic (exact) mass is 562 g/mol. The summed E-state index contributed by atoms with van der Waals surface area (Å²) in [5.74, 6) is -0.319. The molecule has 0 atom stereocenters. The Labute approximate surface area is 224 Å². The zero-order valence-corrected chi connectivity index (χ0v) is 21.3. The van der Waals surface area contributed by atoms with Crippen molar-refractivity contribution in [3.05, 3.63) is 69.2 Å². The Morgan fingerprint density at radius 3 is 2.89 bits per heavy atom. The molecule has 0 saturated carbocycles. The first kappa shape index (κ1) is 26.0. The SMILES string of the molecule is O=C1CNCCN1CCNc1nc(O)c(C(=Cc2ccc(Cl)cc2C(F)(F)F)c2ccc3[nH]ncc3c2)s1. The molecule has 0 bridgehead atoms. The number of benzene rings is 2. The van der Waals surface area contributed by atoms with Gasteiger partial charge < -0.3 is 20.6 Å². The van der Waals surface area contributed by atoms with E-state index in [0.717, 1.165) is 28.3 Å². The summed E-state index contributed by atoms with van der Waals surface area (Å²) in [5, 5.41) is 24.8. The molecule has 3 heterocycles. The number of fused-ring (bicyclic) bond motifs is 1. The minimum atomic E-state index is -4.64. The number of H-pyrrole nitrogens is 1. The topological polar surface area (TPSA) is 106 Å². The molecule has 5 rings (SSSR count). The second-order valence-corrected chi connectivity index (χ2v) is 10.1. The fourth-order valence-corrected chi connectivity index (χ4v) is 5.28. The van der Waals surface area contributed by atoms with E-state index in [1.165, 1.54) is 18.2 Å². The van der Waals surface area contributed by atoms with Gasteiger partial charge in [0, 0.05) is 42.2 Å². The third-order valence-electron chi connectivity index (χ3n) is 6.07. The van der Waals surface area contributed by atoms with Crippen molar-refractivity contribution in [2.75, 3.05) is 38.0 Å². The van der Waals surface area contributed by atoms with E-state index in [1.807, 2.05) is 0 Å². The lowest BCUT2D eigenvalue weighted by Crippen LogP contribution is -2.49. The maximum Gasteiger partial charge on any atom is 0.417 e. The van der Waals surface area contributed by atoms with Gasteiger partial charge in [-0.05, 0) is 41.5 Å². The van der Waals surface area contributed by atoms with Crippen LogP contribution in [0.4, 0.5) is 18.3 Å². The van der Waals surface area contributed by atoms with Gasteiger partial charge in [0.1, 0.15) is 4.88 Å². The Balaban J connectivity index is 1.51. The summed E-state index contributed by atoms with van der Waals surface area (Å²) in [4.78, 5) is 18.2. The van der Waals surface area contributed by atoms with Crippen molar-refractivity contribution in [2.24, 2.45) is 0 Å². The van der Waals surface area contributed by atoms with Gasteiger partial charge in [0.2, 0.25) is 11.8 Å². The van der Waals surface area contributed by atoms with E-state index in [4.69, 9.17) is 11.6 Å². The molecule has 2 aromatic carbocycles. The fourth-order valence-electron chi connectivity index (χ4n) is 4.19. The van der Waals surface area contributed by atoms with E-state index in [0.29, 0.717) is 49.0 Å². The number of rotatable bonds is 7. The van der Waals surface area contributed by atoms with E-state index in [1.54, 1.807) is 29.3 Å². The van der Waals surface area contributed by atoms with Crippen LogP contribution in [0.5, 0.6) is 5.88 Å². The molecule has 1 saturated heterocycles. The number of aromatic hydroxyl groups is 1. The number of alkyl halides is 3. The second kappa shape index (κ2) is 10.6. The van der Waals surface area contributed by atoms with Crippen molar-refractivity contribution in [2.45, 2.75) is 6.18 Å². The average molecular weight is 563 g/mol. The molecule has 8 nitrogen and oxygen atoms in total. The van der Waals surface area contributed by atoms with Gasteiger partial charge in [0.05, 0.1) is 23.8 Å². The molecule has 13 heteroatoms. The average Bonchev–Trinajstić information content (AvgIpc) is 3.49. The molecule has 0 unspecified atom stereocenters. The number of hydrogen-bond acceptors (Lipinski definition) is 7. The first-order valence-electron chi connectivity index (χ1n) is 11.6. The highest BCUT2D eigenvalue weighted by Gasteiger charge is 2.33. The second-order valence-electron chi connectivity index (χ2n) is 8.62. The molecular formula is C25H22ClF3N6O2S. The third-order valence-corrected chi connectivity index (χ3v) is 7.34. The van der Waals surface area contributed by atoms with E-state index >= 15 is 0 Å². The number of hydrogen-bond donors (Lipinski definition) is 4. The molecule has 198 valence electrons. The van der Waals surface area contributed by atoms with Crippen LogP contribution in [0.25, 0.3) is 22.6 Å². The maximum atomic E-state index is 13.9. The number of nitrogens with one attached hydrogen (secondary N) is 3. The van der Waals surface area contributed by atoms with Crippen molar-refractivity contribution in [3.63, 3.8) is 0 Å². The zero-order valence-electron chi connectivity index (χ0n) is 19.8. The summed E-state index contributed by atoms with van der Waals surface area (Å²) in [6.45, 7) is 2.46. The van der Waals surface area contributed by atoms with Crippen molar-refractivity contribution in [3.8, 4) is 5.88 Å². The minimum absolute atomic E-state index is 0.00372. The normalized spacial score (nSPS) is 14.9. The number of aromatic nitrogens is 3. The first-order valence-corrected chi connectivity index (χ1v) is 12.8. The molecular weight excluding hydrogens is 541 g/mol. The Bertz CT molecular complexity index is 1520. The van der Waals surface area contributed by atoms with Crippen LogP contribution >= 0.6 is 22.9 Å². The van der Waals surface area contributed by atoms with Gasteiger partial charge in [-0.15, -0.1) is 0 Å². The molecule has 4 aromatic rings. The number of anilines is 1. The molecule has 0 radical (unpaired) electrons. The fraction of sp³-hybridized carbons (Fsp3) is 0.240. The molecule has 1 aliphatic heterocycles. The molecule has 1 aliphatic rings. The number of amides is 1. The number of thiazole rings is 1. The molecule has 1 fully saturated rings. The predicted molar refractivity (Wildman–Crippen MR) is 141 cm³/mol. The highest BCUT2D eigenvalue weighted by Crippen LogP contribution is 2.41. The summed E-state index contributed by atoms with van der Waals surface area (Å²) in [6, 6.07) is 8.83. The van der Waals surface area contributed by atoms with Gasteiger partial charge in [0.15, 0.2) is 5.13 Å². The van der Waals surface area contributed by atoms with Gasteiger partial charge in [-0.25, -0.2) is 0 Å². The lowest BCUT2D eigenvalue weighted by Gasteiger charge is -2.27. The molecule has 38 heavy (non-hydrogen) atoms. The minimum Gasteiger partial charge on any atom is -0.492 e. The van der Waals surface area contributed by atoms with Gasteiger partial charge >= 0.3 is 6.18 Å². The van der Waals surface area contributed by atoms with E-state index in [9.17, 15) is 23.1 Å². The molecule has 4 N–H and O–H groups in total. The highest BCUT2D eigenvalue weighted by atomic mass is 35.5. The highest BCUT2D eigenvalue weighted by molar-refractivity contribution is 7.17. The van der Waals surface area contributed by atoms with Gasteiger partial charge in [0.25, 0.3) is 0 Å². The van der Waals surface area contributed by atoms with Crippen LogP contribution in [0.2, 0.25) is 5.02 Å². The quantitative estimate of drug-likeness (QED) is 0.240. The van der Waals surface area contributed by atoms with Gasteiger partial charge in [-0.1, -0.05) is 35.1 Å². The number of piperazine rings is 1. The maximum absolute atomic E-state index is 13.9. The van der Waals surface area contributed by atoms with Crippen molar-refractivity contribution >= 4 is 56.5 Å². The summed E-state index contributed by atoms with van der Waals surface area (Å²) in [6.07, 6.45) is -1.66. The summed E-state index contributed by atoms with van der Waals surface area (Å²) in [7, 11) is 0. The largest absolute Gasteiger partial charge is 0.492 e. The van der Waals surface area contributed by atoms with Crippen LogP contribution in [-0.2, 0) is 11.0 Å². The predicted octanol–water partition coefficient (Wildman–Crippen LogP) is 4.83. The summed E-state index contributed by atoms with van der Waals surface area (Å²) in [5.41, 5.74) is 0.674. The van der Waals surface area contributed by atoms with Crippen molar-refractivity contribution < 1.29 is 23.1 Å². The van der Waals surface area contributed by atoms with Gasteiger partial charge in [-0.2, -0.15) is 23.3 Å². The lowest BCUT2D eigenvalue weighted by atomic mass is 9.98. The van der Waals surface area contributed by atoms with Gasteiger partial charge in [-0.3, -0.25) is 9.89 Å². The number of carbonyl (C=O) groups excluding carboxylic acids is 1. The van der Waals surface area contributed by atoms with Crippen LogP contribution in [0.3, 0.4) is 0 Å². The lowest BCUT2D eigenvalue weighted by molar-refractivity contribution is -0.137. The summed E-state index contributed by atoms with van der Waals surface area (Å²) >= 11 is 6.98. The van der Waals surface area contributed by atoms with Crippen LogP contribution in [0.15, 0.2) is 42.6 Å². The Morgan fingerprint density at radius 2 is 2.11 bits per heavy atom. The number of halogens is 4. The standard InChI is InChI=1S/C25H22ClF3N6O2S/c26-17-3-1-15(19(11-17)25(27,28)29)10-18(14-2-4-20-16(9-14)12-32-34-20)22-23(37)33-24(38-22)31-6-8-35-7-5-30-13-21(35)36/h1-4,9-12,30,37H,5-8,13H2,(H,31,33)(H,32,34). The third kappa shape index (κ3) is 5.62. The smallest absolute Gasteiger partial charge is 0.417 e. The van der Waals surface area contributed by atoms with Crippen molar-refractivity contribution in [1.82, 2.24) is 25.4 Å². The number of nitrogens with zero attached hydrogens (tertiary/aromatic N) is 3.